The number of allylic oxidation sites excluding steroid dienone is 1. The molecule has 1 N–H and O–H groups in total. The number of carbonyl (C=O) groups excluding carboxylic acids is 2. The highest BCUT2D eigenvalue weighted by Gasteiger charge is 2.36. The molecule has 0 spiro atoms. The molecule has 25 heavy (non-hydrogen) atoms. The summed E-state index contributed by atoms with van der Waals surface area (Å²) in [7, 11) is 0. The minimum Gasteiger partial charge on any atom is -0.506 e. The van der Waals surface area contributed by atoms with Crippen molar-refractivity contribution in [3.8, 4) is 0 Å². The van der Waals surface area contributed by atoms with Crippen LogP contribution < -0.4 is 0 Å². The van der Waals surface area contributed by atoms with Crippen molar-refractivity contribution in [1.82, 2.24) is 0 Å². The number of nitro benzene ring substituents is 1. The van der Waals surface area contributed by atoms with Gasteiger partial charge in [0.2, 0.25) is 10.9 Å². The molecule has 1 heterocycles. The van der Waals surface area contributed by atoms with Gasteiger partial charge in [-0.1, -0.05) is 30.3 Å². The second-order valence-electron chi connectivity index (χ2n) is 5.17. The highest BCUT2D eigenvalue weighted by molar-refractivity contribution is 8.19. The summed E-state index contributed by atoms with van der Waals surface area (Å²) >= 11 is 0.731. The lowest BCUT2D eigenvalue weighted by atomic mass is 10.0. The molecule has 3 rings (SSSR count). The maximum Gasteiger partial charge on any atom is 0.269 e. The third-order valence-corrected chi connectivity index (χ3v) is 4.46. The molecular formula is C18H11NO5S. The second kappa shape index (κ2) is 6.74. The fourth-order valence-corrected chi connectivity index (χ4v) is 3.18. The highest BCUT2D eigenvalue weighted by Crippen LogP contribution is 2.37. The first-order valence-corrected chi connectivity index (χ1v) is 8.00. The van der Waals surface area contributed by atoms with E-state index >= 15 is 0 Å². The molecule has 0 saturated carbocycles. The van der Waals surface area contributed by atoms with Crippen LogP contribution in [-0.2, 0) is 9.59 Å². The molecule has 0 bridgehead atoms. The lowest BCUT2D eigenvalue weighted by molar-refractivity contribution is -0.384. The zero-order valence-corrected chi connectivity index (χ0v) is 13.5. The number of ketones is 1. The Hall–Kier alpha value is -3.19. The van der Waals surface area contributed by atoms with Gasteiger partial charge in [-0.2, -0.15) is 0 Å². The first-order valence-electron chi connectivity index (χ1n) is 7.19. The van der Waals surface area contributed by atoms with Gasteiger partial charge in [0.1, 0.15) is 11.3 Å². The van der Waals surface area contributed by atoms with E-state index in [0.717, 1.165) is 11.8 Å². The van der Waals surface area contributed by atoms with E-state index in [2.05, 4.69) is 0 Å². The van der Waals surface area contributed by atoms with E-state index in [0.29, 0.717) is 11.1 Å². The summed E-state index contributed by atoms with van der Waals surface area (Å²) in [5.74, 6) is -0.912. The van der Waals surface area contributed by atoms with E-state index in [9.17, 15) is 24.8 Å². The molecule has 1 aliphatic rings. The van der Waals surface area contributed by atoms with Gasteiger partial charge in [-0.25, -0.2) is 0 Å². The second-order valence-corrected chi connectivity index (χ2v) is 6.18. The summed E-state index contributed by atoms with van der Waals surface area (Å²) in [6.45, 7) is 0. The molecular weight excluding hydrogens is 342 g/mol. The number of hydrogen-bond acceptors (Lipinski definition) is 6. The van der Waals surface area contributed by atoms with Crippen molar-refractivity contribution < 1.29 is 19.6 Å². The number of nitro groups is 1. The van der Waals surface area contributed by atoms with Crippen LogP contribution in [0.2, 0.25) is 0 Å². The third kappa shape index (κ3) is 3.36. The Morgan fingerprint density at radius 2 is 1.68 bits per heavy atom. The molecule has 1 saturated heterocycles. The Morgan fingerprint density at radius 3 is 2.28 bits per heavy atom. The maximum absolute atomic E-state index is 12.5. The van der Waals surface area contributed by atoms with Crippen LogP contribution in [-0.4, -0.2) is 20.9 Å². The number of non-ortho nitro benzene ring substituents is 1. The van der Waals surface area contributed by atoms with E-state index in [1.807, 2.05) is 0 Å². The number of thioether (sulfide) groups is 1. The minimum absolute atomic E-state index is 0.0639. The monoisotopic (exact) mass is 353 g/mol. The minimum atomic E-state index is -0.560. The van der Waals surface area contributed by atoms with Crippen LogP contribution in [0.3, 0.4) is 0 Å². The van der Waals surface area contributed by atoms with Gasteiger partial charge in [-0.05, 0) is 35.5 Å². The quantitative estimate of drug-likeness (QED) is 0.297. The van der Waals surface area contributed by atoms with Gasteiger partial charge in [-0.15, -0.1) is 0 Å². The van der Waals surface area contributed by atoms with Crippen molar-refractivity contribution in [2.45, 2.75) is 0 Å². The van der Waals surface area contributed by atoms with Crippen LogP contribution in [0, 0.1) is 10.1 Å². The van der Waals surface area contributed by atoms with Gasteiger partial charge < -0.3 is 5.11 Å². The molecule has 0 atom stereocenters. The molecule has 0 amide bonds. The Labute approximate surface area is 146 Å². The Morgan fingerprint density at radius 1 is 1.04 bits per heavy atom. The largest absolute Gasteiger partial charge is 0.506 e. The van der Waals surface area contributed by atoms with Crippen LogP contribution in [0.5, 0.6) is 0 Å². The molecule has 0 radical (unpaired) electrons. The summed E-state index contributed by atoms with van der Waals surface area (Å²) in [5.41, 5.74) is 0.612. The SMILES string of the molecule is O=C1S/C(=C\c2ccc([N+](=O)[O-])cc2)C(=O)/C1=C(\O)c1ccccc1. The number of aliphatic hydroxyl groups is 1. The molecule has 6 nitrogen and oxygen atoms in total. The van der Waals surface area contributed by atoms with Gasteiger partial charge in [0.25, 0.3) is 5.69 Å². The molecule has 1 aliphatic heterocycles. The van der Waals surface area contributed by atoms with Crippen molar-refractivity contribution >= 4 is 40.2 Å². The fraction of sp³-hybridized carbons (Fsp3) is 0. The van der Waals surface area contributed by atoms with Crippen molar-refractivity contribution in [1.29, 1.82) is 0 Å². The average Bonchev–Trinajstić information content (AvgIpc) is 2.89. The number of carbonyl (C=O) groups is 2. The number of aliphatic hydroxyl groups excluding tert-OH is 1. The van der Waals surface area contributed by atoms with E-state index < -0.39 is 15.8 Å². The zero-order chi connectivity index (χ0) is 18.0. The number of nitrogens with zero attached hydrogens (tertiary/aromatic N) is 1. The first-order chi connectivity index (χ1) is 12.0. The lowest BCUT2D eigenvalue weighted by Gasteiger charge is -2.01. The maximum atomic E-state index is 12.5. The van der Waals surface area contributed by atoms with Crippen LogP contribution in [0.25, 0.3) is 11.8 Å². The molecule has 0 unspecified atom stereocenters. The smallest absolute Gasteiger partial charge is 0.269 e. The fourth-order valence-electron chi connectivity index (χ4n) is 2.30. The average molecular weight is 353 g/mol. The summed E-state index contributed by atoms with van der Waals surface area (Å²) < 4.78 is 0. The molecule has 7 heteroatoms. The van der Waals surface area contributed by atoms with Gasteiger partial charge in [-0.3, -0.25) is 19.7 Å². The molecule has 2 aromatic rings. The molecule has 1 fully saturated rings. The van der Waals surface area contributed by atoms with Gasteiger partial charge in [0.05, 0.1) is 9.83 Å². The Bertz CT molecular complexity index is 930. The number of hydrogen-bond donors (Lipinski definition) is 1. The lowest BCUT2D eigenvalue weighted by Crippen LogP contribution is -2.04. The highest BCUT2D eigenvalue weighted by atomic mass is 32.2. The molecule has 0 aromatic heterocycles. The normalized spacial score (nSPS) is 17.8. The van der Waals surface area contributed by atoms with Gasteiger partial charge in [0, 0.05) is 17.7 Å². The van der Waals surface area contributed by atoms with Crippen LogP contribution in [0.4, 0.5) is 5.69 Å². The standard InChI is InChI=1S/C18H11NO5S/c20-16(12-4-2-1-3-5-12)15-17(21)14(25-18(15)22)10-11-6-8-13(9-7-11)19(23)24/h1-10,20H/b14-10-,16-15+. The molecule has 0 aliphatic carbocycles. The third-order valence-electron chi connectivity index (χ3n) is 3.54. The predicted molar refractivity (Wildman–Crippen MR) is 94.7 cm³/mol. The predicted octanol–water partition coefficient (Wildman–Crippen LogP) is 3.75. The van der Waals surface area contributed by atoms with Crippen LogP contribution >= 0.6 is 11.8 Å². The van der Waals surface area contributed by atoms with E-state index in [1.54, 1.807) is 30.3 Å². The van der Waals surface area contributed by atoms with Crippen LogP contribution in [0.15, 0.2) is 65.1 Å². The van der Waals surface area contributed by atoms with Crippen molar-refractivity contribution in [2.75, 3.05) is 0 Å². The van der Waals surface area contributed by atoms with Crippen LogP contribution in [0.1, 0.15) is 11.1 Å². The van der Waals surface area contributed by atoms with Crippen molar-refractivity contribution in [2.24, 2.45) is 0 Å². The summed E-state index contributed by atoms with van der Waals surface area (Å²) in [5, 5.41) is 20.4. The van der Waals surface area contributed by atoms with Crippen molar-refractivity contribution in [3.05, 3.63) is 86.3 Å². The molecule has 124 valence electrons. The van der Waals surface area contributed by atoms with Gasteiger partial charge >= 0.3 is 0 Å². The zero-order valence-electron chi connectivity index (χ0n) is 12.7. The number of Topliss-reactive ketones (excluding diaryl/α,β-unsaturated/α-hetero) is 1. The van der Waals surface area contributed by atoms with E-state index in [4.69, 9.17) is 0 Å². The van der Waals surface area contributed by atoms with E-state index in [-0.39, 0.29) is 21.9 Å². The Kier molecular flexibility index (Phi) is 4.49. The van der Waals surface area contributed by atoms with E-state index in [1.165, 1.54) is 30.3 Å². The van der Waals surface area contributed by atoms with Gasteiger partial charge in [0.15, 0.2) is 0 Å². The topological polar surface area (TPSA) is 97.5 Å². The molecule has 2 aromatic carbocycles. The van der Waals surface area contributed by atoms with Crippen molar-refractivity contribution in [3.63, 3.8) is 0 Å². The number of benzene rings is 2. The number of rotatable bonds is 3. The summed E-state index contributed by atoms with van der Waals surface area (Å²) in [6, 6.07) is 14.0. The summed E-state index contributed by atoms with van der Waals surface area (Å²) in [4.78, 5) is 34.9. The Balaban J connectivity index is 1.95. The first kappa shape index (κ1) is 16.7. The summed E-state index contributed by atoms with van der Waals surface area (Å²) in [6.07, 6.45) is 1.47.